The molecule has 0 fully saturated rings. The number of rotatable bonds is 2. The smallest absolute Gasteiger partial charge is 0.115 e. The van der Waals surface area contributed by atoms with E-state index in [4.69, 9.17) is 11.6 Å². The van der Waals surface area contributed by atoms with Crippen molar-refractivity contribution in [3.8, 4) is 0 Å². The van der Waals surface area contributed by atoms with Crippen molar-refractivity contribution in [2.24, 2.45) is 7.05 Å². The standard InChI is InChI=1S/C13H11ClN4/c1-18-12-5-3-2-4-10(12)17-13(18)6-11-9(14)7-15-8-16-11/h2-5,7-8H,6H2,1H3. The Morgan fingerprint density at radius 1 is 1.28 bits per heavy atom. The van der Waals surface area contributed by atoms with Gasteiger partial charge in [0.05, 0.1) is 21.7 Å². The molecule has 0 unspecified atom stereocenters. The van der Waals surface area contributed by atoms with E-state index >= 15 is 0 Å². The summed E-state index contributed by atoms with van der Waals surface area (Å²) in [5, 5.41) is 0.574. The number of halogens is 1. The van der Waals surface area contributed by atoms with E-state index in [9.17, 15) is 0 Å². The van der Waals surface area contributed by atoms with E-state index in [2.05, 4.69) is 19.5 Å². The summed E-state index contributed by atoms with van der Waals surface area (Å²) in [4.78, 5) is 12.7. The van der Waals surface area contributed by atoms with Gasteiger partial charge in [0, 0.05) is 19.7 Å². The van der Waals surface area contributed by atoms with Crippen LogP contribution >= 0.6 is 11.6 Å². The minimum absolute atomic E-state index is 0.574. The van der Waals surface area contributed by atoms with Crippen molar-refractivity contribution >= 4 is 22.6 Å². The third-order valence-corrected chi connectivity index (χ3v) is 3.26. The average molecular weight is 259 g/mol. The quantitative estimate of drug-likeness (QED) is 0.710. The lowest BCUT2D eigenvalue weighted by molar-refractivity contribution is 0.829. The number of hydrogen-bond donors (Lipinski definition) is 0. The zero-order valence-corrected chi connectivity index (χ0v) is 10.6. The van der Waals surface area contributed by atoms with Crippen LogP contribution in [0.15, 0.2) is 36.8 Å². The summed E-state index contributed by atoms with van der Waals surface area (Å²) in [6.07, 6.45) is 3.71. The first-order chi connectivity index (χ1) is 8.75. The molecule has 0 radical (unpaired) electrons. The zero-order chi connectivity index (χ0) is 12.5. The van der Waals surface area contributed by atoms with Crippen molar-refractivity contribution in [2.75, 3.05) is 0 Å². The van der Waals surface area contributed by atoms with E-state index < -0.39 is 0 Å². The highest BCUT2D eigenvalue weighted by atomic mass is 35.5. The van der Waals surface area contributed by atoms with Crippen molar-refractivity contribution in [3.05, 3.63) is 53.3 Å². The van der Waals surface area contributed by atoms with Crippen LogP contribution < -0.4 is 0 Å². The van der Waals surface area contributed by atoms with Gasteiger partial charge in [0.2, 0.25) is 0 Å². The molecule has 0 aliphatic heterocycles. The summed E-state index contributed by atoms with van der Waals surface area (Å²) in [6, 6.07) is 8.04. The number of nitrogens with zero attached hydrogens (tertiary/aromatic N) is 4. The normalized spacial score (nSPS) is 11.0. The largest absolute Gasteiger partial charge is 0.331 e. The molecule has 4 nitrogen and oxygen atoms in total. The molecular weight excluding hydrogens is 248 g/mol. The fourth-order valence-electron chi connectivity index (χ4n) is 1.97. The maximum Gasteiger partial charge on any atom is 0.115 e. The predicted molar refractivity (Wildman–Crippen MR) is 70.6 cm³/mol. The molecule has 18 heavy (non-hydrogen) atoms. The lowest BCUT2D eigenvalue weighted by Gasteiger charge is -2.03. The van der Waals surface area contributed by atoms with Crippen LogP contribution in [0.3, 0.4) is 0 Å². The first-order valence-electron chi connectivity index (χ1n) is 5.60. The van der Waals surface area contributed by atoms with Crippen LogP contribution in [0.2, 0.25) is 5.02 Å². The molecular formula is C13H11ClN4. The van der Waals surface area contributed by atoms with Crippen LogP contribution in [0.5, 0.6) is 0 Å². The summed E-state index contributed by atoms with van der Waals surface area (Å²) in [6.45, 7) is 0. The molecule has 2 heterocycles. The number of para-hydroxylation sites is 2. The van der Waals surface area contributed by atoms with Crippen LogP contribution in [0.4, 0.5) is 0 Å². The number of hydrogen-bond acceptors (Lipinski definition) is 3. The maximum atomic E-state index is 6.06. The molecule has 0 bridgehead atoms. The van der Waals surface area contributed by atoms with Crippen LogP contribution in [0.1, 0.15) is 11.5 Å². The van der Waals surface area contributed by atoms with Crippen molar-refractivity contribution in [2.45, 2.75) is 6.42 Å². The number of imidazole rings is 1. The van der Waals surface area contributed by atoms with Crippen LogP contribution in [0.25, 0.3) is 11.0 Å². The van der Waals surface area contributed by atoms with Gasteiger partial charge in [-0.05, 0) is 12.1 Å². The summed E-state index contributed by atoms with van der Waals surface area (Å²) in [7, 11) is 2.00. The third kappa shape index (κ3) is 1.84. The molecule has 0 N–H and O–H groups in total. The second-order valence-corrected chi connectivity index (χ2v) is 4.48. The number of aromatic nitrogens is 4. The molecule has 0 amide bonds. The van der Waals surface area contributed by atoms with Crippen molar-refractivity contribution in [1.29, 1.82) is 0 Å². The topological polar surface area (TPSA) is 43.6 Å². The van der Waals surface area contributed by atoms with E-state index in [1.807, 2.05) is 31.3 Å². The number of benzene rings is 1. The summed E-state index contributed by atoms with van der Waals surface area (Å²) < 4.78 is 2.06. The highest BCUT2D eigenvalue weighted by Crippen LogP contribution is 2.19. The van der Waals surface area contributed by atoms with Gasteiger partial charge in [-0.25, -0.2) is 15.0 Å². The van der Waals surface area contributed by atoms with Crippen molar-refractivity contribution in [3.63, 3.8) is 0 Å². The van der Waals surface area contributed by atoms with Gasteiger partial charge in [0.1, 0.15) is 12.2 Å². The molecule has 2 aromatic heterocycles. The van der Waals surface area contributed by atoms with E-state index in [1.54, 1.807) is 6.20 Å². The van der Waals surface area contributed by atoms with Crippen LogP contribution in [-0.2, 0) is 13.5 Å². The minimum atomic E-state index is 0.574. The van der Waals surface area contributed by atoms with Crippen LogP contribution in [0, 0.1) is 0 Å². The Kier molecular flexibility index (Phi) is 2.72. The van der Waals surface area contributed by atoms with Gasteiger partial charge in [0.15, 0.2) is 0 Å². The van der Waals surface area contributed by atoms with Gasteiger partial charge in [-0.1, -0.05) is 23.7 Å². The Bertz CT molecular complexity index is 705. The summed E-state index contributed by atoms with van der Waals surface area (Å²) in [5.74, 6) is 0.941. The van der Waals surface area contributed by atoms with Crippen LogP contribution in [-0.4, -0.2) is 19.5 Å². The first-order valence-corrected chi connectivity index (χ1v) is 5.98. The Morgan fingerprint density at radius 2 is 2.11 bits per heavy atom. The first kappa shape index (κ1) is 11.2. The molecule has 0 aliphatic rings. The van der Waals surface area contributed by atoms with Gasteiger partial charge in [-0.15, -0.1) is 0 Å². The highest BCUT2D eigenvalue weighted by Gasteiger charge is 2.10. The molecule has 90 valence electrons. The van der Waals surface area contributed by atoms with Gasteiger partial charge in [-0.2, -0.15) is 0 Å². The Balaban J connectivity index is 2.06. The van der Waals surface area contributed by atoms with Gasteiger partial charge < -0.3 is 4.57 Å². The van der Waals surface area contributed by atoms with Gasteiger partial charge >= 0.3 is 0 Å². The Hall–Kier alpha value is -1.94. The molecule has 3 rings (SSSR count). The predicted octanol–water partition coefficient (Wildman–Crippen LogP) is 2.61. The van der Waals surface area contributed by atoms with Crippen molar-refractivity contribution < 1.29 is 0 Å². The monoisotopic (exact) mass is 258 g/mol. The van der Waals surface area contributed by atoms with Crippen molar-refractivity contribution in [1.82, 2.24) is 19.5 Å². The zero-order valence-electron chi connectivity index (χ0n) is 9.84. The number of fused-ring (bicyclic) bond motifs is 1. The summed E-state index contributed by atoms with van der Waals surface area (Å²) >= 11 is 6.06. The molecule has 1 aromatic carbocycles. The lowest BCUT2D eigenvalue weighted by atomic mass is 10.3. The molecule has 0 aliphatic carbocycles. The molecule has 0 atom stereocenters. The SMILES string of the molecule is Cn1c(Cc2ncncc2Cl)nc2ccccc21. The average Bonchev–Trinajstić information content (AvgIpc) is 2.70. The van der Waals surface area contributed by atoms with E-state index in [-0.39, 0.29) is 0 Å². The van der Waals surface area contributed by atoms with E-state index in [1.165, 1.54) is 6.33 Å². The maximum absolute atomic E-state index is 6.06. The molecule has 0 saturated heterocycles. The third-order valence-electron chi connectivity index (χ3n) is 2.95. The minimum Gasteiger partial charge on any atom is -0.331 e. The van der Waals surface area contributed by atoms with Gasteiger partial charge in [0.25, 0.3) is 0 Å². The summed E-state index contributed by atoms with van der Waals surface area (Å²) in [5.41, 5.74) is 2.89. The second-order valence-electron chi connectivity index (χ2n) is 4.07. The Labute approximate surface area is 109 Å². The van der Waals surface area contributed by atoms with E-state index in [0.717, 1.165) is 22.6 Å². The Morgan fingerprint density at radius 3 is 2.89 bits per heavy atom. The highest BCUT2D eigenvalue weighted by molar-refractivity contribution is 6.31. The molecule has 5 heteroatoms. The lowest BCUT2D eigenvalue weighted by Crippen LogP contribution is -2.01. The fourth-order valence-corrected chi connectivity index (χ4v) is 2.14. The molecule has 3 aromatic rings. The molecule has 0 spiro atoms. The van der Waals surface area contributed by atoms with Gasteiger partial charge in [-0.3, -0.25) is 0 Å². The van der Waals surface area contributed by atoms with E-state index in [0.29, 0.717) is 11.4 Å². The fraction of sp³-hybridized carbons (Fsp3) is 0.154. The number of aryl methyl sites for hydroxylation is 1. The second kappa shape index (κ2) is 4.38. The molecule has 0 saturated carbocycles.